The zero-order valence-electron chi connectivity index (χ0n) is 6.63. The van der Waals surface area contributed by atoms with E-state index in [2.05, 4.69) is 5.32 Å². The van der Waals surface area contributed by atoms with Crippen LogP contribution in [0.1, 0.15) is 15.9 Å². The lowest BCUT2D eigenvalue weighted by molar-refractivity contribution is 0.0966. The monoisotopic (exact) mass is 269 g/mol. The average molecular weight is 271 g/mol. The van der Waals surface area contributed by atoms with E-state index in [1.165, 1.54) is 0 Å². The van der Waals surface area contributed by atoms with Gasteiger partial charge in [0.1, 0.15) is 0 Å². The topological polar surface area (TPSA) is 29.1 Å². The van der Waals surface area contributed by atoms with Crippen LogP contribution in [0.4, 0.5) is 0 Å². The van der Waals surface area contributed by atoms with Gasteiger partial charge in [-0.3, -0.25) is 4.79 Å². The molecule has 14 heavy (non-hydrogen) atoms. The number of fused-ring (bicyclic) bond motifs is 1. The maximum absolute atomic E-state index is 11.3. The molecule has 6 heteroatoms. The highest BCUT2D eigenvalue weighted by Crippen LogP contribution is 2.42. The molecule has 1 amide bonds. The highest BCUT2D eigenvalue weighted by molar-refractivity contribution is 6.53. The van der Waals surface area contributed by atoms with Crippen LogP contribution in [0.25, 0.3) is 0 Å². The molecule has 2 rings (SSSR count). The fraction of sp³-hybridized carbons (Fsp3) is 0.125. The fourth-order valence-electron chi connectivity index (χ4n) is 1.34. The average Bonchev–Trinajstić information content (AvgIpc) is 2.54. The molecule has 0 fully saturated rings. The van der Waals surface area contributed by atoms with E-state index in [4.69, 9.17) is 46.4 Å². The van der Waals surface area contributed by atoms with Crippen LogP contribution < -0.4 is 5.32 Å². The molecule has 0 atom stereocenters. The first-order chi connectivity index (χ1) is 6.54. The summed E-state index contributed by atoms with van der Waals surface area (Å²) >= 11 is 23.4. The van der Waals surface area contributed by atoms with E-state index >= 15 is 0 Å². The molecule has 0 bridgehead atoms. The highest BCUT2D eigenvalue weighted by atomic mass is 35.5. The summed E-state index contributed by atoms with van der Waals surface area (Å²) in [5, 5.41) is 3.35. The van der Waals surface area contributed by atoms with Crippen molar-refractivity contribution >= 4 is 52.3 Å². The van der Waals surface area contributed by atoms with Gasteiger partial charge in [0, 0.05) is 12.1 Å². The summed E-state index contributed by atoms with van der Waals surface area (Å²) in [6.07, 6.45) is 0. The summed E-state index contributed by atoms with van der Waals surface area (Å²) in [5.41, 5.74) is 0.933. The predicted molar refractivity (Wildman–Crippen MR) is 57.7 cm³/mol. The number of carbonyl (C=O) groups is 1. The van der Waals surface area contributed by atoms with E-state index in [-0.39, 0.29) is 26.0 Å². The van der Waals surface area contributed by atoms with Crippen molar-refractivity contribution in [3.05, 3.63) is 31.2 Å². The fourth-order valence-corrected chi connectivity index (χ4v) is 2.38. The molecular weight excluding hydrogens is 268 g/mol. The number of carbonyl (C=O) groups excluding carboxylic acids is 1. The van der Waals surface area contributed by atoms with Crippen LogP contribution >= 0.6 is 46.4 Å². The molecule has 0 spiro atoms. The first-order valence-corrected chi connectivity index (χ1v) is 5.18. The number of hydrogen-bond donors (Lipinski definition) is 1. The first kappa shape index (κ1) is 10.4. The second-order valence-electron chi connectivity index (χ2n) is 2.79. The number of rotatable bonds is 0. The Morgan fingerprint density at radius 1 is 0.929 bits per heavy atom. The highest BCUT2D eigenvalue weighted by Gasteiger charge is 2.28. The second kappa shape index (κ2) is 3.46. The maximum Gasteiger partial charge on any atom is 0.253 e. The van der Waals surface area contributed by atoms with Crippen molar-refractivity contribution in [1.82, 2.24) is 5.32 Å². The first-order valence-electron chi connectivity index (χ1n) is 3.67. The van der Waals surface area contributed by atoms with Gasteiger partial charge >= 0.3 is 0 Å². The lowest BCUT2D eigenvalue weighted by Crippen LogP contribution is -2.12. The van der Waals surface area contributed by atoms with Gasteiger partial charge in [-0.2, -0.15) is 0 Å². The van der Waals surface area contributed by atoms with Gasteiger partial charge in [0.2, 0.25) is 0 Å². The standard InChI is InChI=1S/C8H3Cl4NO/c9-4-2-1-13-8(14)3(2)5(10)7(12)6(4)11/h1H2,(H,13,14). The van der Waals surface area contributed by atoms with Gasteiger partial charge in [0.05, 0.1) is 25.7 Å². The summed E-state index contributed by atoms with van der Waals surface area (Å²) in [6.45, 7) is 0.337. The van der Waals surface area contributed by atoms with Crippen LogP contribution in [0.3, 0.4) is 0 Å². The van der Waals surface area contributed by atoms with E-state index in [1.807, 2.05) is 0 Å². The van der Waals surface area contributed by atoms with Crippen molar-refractivity contribution in [2.45, 2.75) is 6.54 Å². The summed E-state index contributed by atoms with van der Waals surface area (Å²) in [6, 6.07) is 0. The van der Waals surface area contributed by atoms with E-state index in [9.17, 15) is 4.79 Å². The SMILES string of the molecule is O=C1NCc2c(Cl)c(Cl)c(Cl)c(Cl)c21. The summed E-state index contributed by atoms with van der Waals surface area (Å²) in [4.78, 5) is 11.3. The molecule has 1 aliphatic heterocycles. The van der Waals surface area contributed by atoms with Gasteiger partial charge in [0.25, 0.3) is 5.91 Å². The lowest BCUT2D eigenvalue weighted by Gasteiger charge is -2.07. The zero-order chi connectivity index (χ0) is 10.5. The third-order valence-corrected chi connectivity index (χ3v) is 3.86. The van der Waals surface area contributed by atoms with Gasteiger partial charge in [-0.25, -0.2) is 0 Å². The Kier molecular flexibility index (Phi) is 2.56. The van der Waals surface area contributed by atoms with Gasteiger partial charge < -0.3 is 5.32 Å². The van der Waals surface area contributed by atoms with E-state index < -0.39 is 0 Å². The van der Waals surface area contributed by atoms with Crippen LogP contribution in [0, 0.1) is 0 Å². The summed E-state index contributed by atoms with van der Waals surface area (Å²) in [7, 11) is 0. The molecule has 0 unspecified atom stereocenters. The Morgan fingerprint density at radius 2 is 1.50 bits per heavy atom. The molecule has 0 aliphatic carbocycles. The minimum Gasteiger partial charge on any atom is -0.348 e. The van der Waals surface area contributed by atoms with Crippen LogP contribution in [0.5, 0.6) is 0 Å². The smallest absolute Gasteiger partial charge is 0.253 e. The van der Waals surface area contributed by atoms with Crippen molar-refractivity contribution in [1.29, 1.82) is 0 Å². The van der Waals surface area contributed by atoms with Gasteiger partial charge in [-0.05, 0) is 0 Å². The minimum absolute atomic E-state index is 0.120. The van der Waals surface area contributed by atoms with E-state index in [0.717, 1.165) is 0 Å². The Labute approximate surface area is 100 Å². The quantitative estimate of drug-likeness (QED) is 0.567. The van der Waals surface area contributed by atoms with Crippen LogP contribution in [0.2, 0.25) is 20.1 Å². The van der Waals surface area contributed by atoms with Crippen LogP contribution in [-0.4, -0.2) is 5.91 Å². The lowest BCUT2D eigenvalue weighted by atomic mass is 10.1. The number of hydrogen-bond acceptors (Lipinski definition) is 1. The number of halogens is 4. The number of amides is 1. The molecule has 2 nitrogen and oxygen atoms in total. The molecule has 0 radical (unpaired) electrons. The molecule has 1 aromatic rings. The van der Waals surface area contributed by atoms with Crippen molar-refractivity contribution in [3.8, 4) is 0 Å². The van der Waals surface area contributed by atoms with E-state index in [0.29, 0.717) is 17.7 Å². The summed E-state index contributed by atoms with van der Waals surface area (Å²) < 4.78 is 0. The molecule has 0 saturated carbocycles. The number of benzene rings is 1. The Balaban J connectivity index is 2.84. The van der Waals surface area contributed by atoms with Gasteiger partial charge in [-0.1, -0.05) is 46.4 Å². The van der Waals surface area contributed by atoms with Crippen molar-refractivity contribution in [2.75, 3.05) is 0 Å². The normalized spacial score (nSPS) is 14.1. The number of nitrogens with one attached hydrogen (secondary N) is 1. The molecule has 1 N–H and O–H groups in total. The molecular formula is C8H3Cl4NO. The van der Waals surface area contributed by atoms with Crippen molar-refractivity contribution in [3.63, 3.8) is 0 Å². The van der Waals surface area contributed by atoms with Gasteiger partial charge in [0.15, 0.2) is 0 Å². The molecule has 0 aromatic heterocycles. The predicted octanol–water partition coefficient (Wildman–Crippen LogP) is 3.54. The van der Waals surface area contributed by atoms with Crippen LogP contribution in [0.15, 0.2) is 0 Å². The third-order valence-electron chi connectivity index (χ3n) is 2.02. The van der Waals surface area contributed by atoms with Crippen LogP contribution in [-0.2, 0) is 6.54 Å². The summed E-state index contributed by atoms with van der Waals surface area (Å²) in [5.74, 6) is -0.273. The largest absolute Gasteiger partial charge is 0.348 e. The molecule has 1 aliphatic rings. The van der Waals surface area contributed by atoms with Crippen molar-refractivity contribution in [2.24, 2.45) is 0 Å². The second-order valence-corrected chi connectivity index (χ2v) is 4.30. The molecule has 74 valence electrons. The maximum atomic E-state index is 11.3. The third kappa shape index (κ3) is 1.29. The minimum atomic E-state index is -0.273. The molecule has 0 saturated heterocycles. The Bertz CT molecular complexity index is 444. The molecule has 1 heterocycles. The van der Waals surface area contributed by atoms with Crippen molar-refractivity contribution < 1.29 is 4.79 Å². The molecule has 1 aromatic carbocycles. The zero-order valence-corrected chi connectivity index (χ0v) is 9.65. The Morgan fingerprint density at radius 3 is 2.14 bits per heavy atom. The van der Waals surface area contributed by atoms with E-state index in [1.54, 1.807) is 0 Å². The van der Waals surface area contributed by atoms with Gasteiger partial charge in [-0.15, -0.1) is 0 Å². The Hall–Kier alpha value is -0.150.